The molecule has 0 saturated heterocycles. The molecule has 0 aliphatic carbocycles. The topological polar surface area (TPSA) is 57.4 Å². The van der Waals surface area contributed by atoms with Gasteiger partial charge in [0.15, 0.2) is 11.5 Å². The first-order valence-corrected chi connectivity index (χ1v) is 5.82. The molecule has 94 valence electrons. The molecule has 1 aromatic heterocycles. The van der Waals surface area contributed by atoms with Gasteiger partial charge in [-0.3, -0.25) is 0 Å². The molecule has 18 heavy (non-hydrogen) atoms. The lowest BCUT2D eigenvalue weighted by Gasteiger charge is -2.11. The van der Waals surface area contributed by atoms with Gasteiger partial charge in [-0.15, -0.1) is 0 Å². The predicted molar refractivity (Wildman–Crippen MR) is 71.1 cm³/mol. The van der Waals surface area contributed by atoms with Crippen molar-refractivity contribution in [1.82, 2.24) is 4.98 Å². The van der Waals surface area contributed by atoms with Crippen LogP contribution in [0.5, 0.6) is 17.4 Å². The van der Waals surface area contributed by atoms with Gasteiger partial charge in [0.1, 0.15) is 0 Å². The summed E-state index contributed by atoms with van der Waals surface area (Å²) in [7, 11) is 0. The van der Waals surface area contributed by atoms with Gasteiger partial charge >= 0.3 is 0 Å². The van der Waals surface area contributed by atoms with Gasteiger partial charge in [0, 0.05) is 6.07 Å². The molecule has 0 fully saturated rings. The average Bonchev–Trinajstić information content (AvgIpc) is 2.37. The molecule has 4 heteroatoms. The Kier molecular flexibility index (Phi) is 3.67. The molecule has 1 aromatic carbocycles. The number of aryl methyl sites for hydroxylation is 1. The number of hydrogen-bond acceptors (Lipinski definition) is 4. The van der Waals surface area contributed by atoms with Gasteiger partial charge in [-0.25, -0.2) is 4.98 Å². The third kappa shape index (κ3) is 2.71. The lowest BCUT2D eigenvalue weighted by molar-refractivity contribution is 0.319. The molecule has 2 rings (SSSR count). The molecule has 1 heterocycles. The van der Waals surface area contributed by atoms with Crippen molar-refractivity contribution in [2.45, 2.75) is 13.8 Å². The Balaban J connectivity index is 2.25. The highest BCUT2D eigenvalue weighted by molar-refractivity contribution is 5.47. The van der Waals surface area contributed by atoms with Crippen molar-refractivity contribution in [3.05, 3.63) is 42.1 Å². The van der Waals surface area contributed by atoms with Crippen molar-refractivity contribution >= 4 is 5.69 Å². The van der Waals surface area contributed by atoms with Crippen molar-refractivity contribution in [1.29, 1.82) is 0 Å². The quantitative estimate of drug-likeness (QED) is 0.897. The Morgan fingerprint density at radius 2 is 1.94 bits per heavy atom. The molecule has 0 amide bonds. The van der Waals surface area contributed by atoms with E-state index in [9.17, 15) is 0 Å². The first-order valence-electron chi connectivity index (χ1n) is 5.82. The van der Waals surface area contributed by atoms with Crippen LogP contribution in [0.1, 0.15) is 12.5 Å². The summed E-state index contributed by atoms with van der Waals surface area (Å²) >= 11 is 0. The second kappa shape index (κ2) is 5.40. The van der Waals surface area contributed by atoms with Crippen LogP contribution in [-0.4, -0.2) is 11.6 Å². The predicted octanol–water partition coefficient (Wildman–Crippen LogP) is 3.16. The molecular weight excluding hydrogens is 228 g/mol. The van der Waals surface area contributed by atoms with Crippen LogP contribution in [0.15, 0.2) is 36.5 Å². The van der Waals surface area contributed by atoms with Crippen LogP contribution < -0.4 is 15.2 Å². The second-order valence-corrected chi connectivity index (χ2v) is 3.86. The number of anilines is 1. The molecule has 0 unspecified atom stereocenters. The zero-order chi connectivity index (χ0) is 13.0. The van der Waals surface area contributed by atoms with Crippen molar-refractivity contribution in [2.24, 2.45) is 0 Å². The highest BCUT2D eigenvalue weighted by Gasteiger charge is 2.06. The van der Waals surface area contributed by atoms with Gasteiger partial charge < -0.3 is 15.2 Å². The number of para-hydroxylation sites is 2. The number of nitrogens with two attached hydrogens (primary N) is 1. The summed E-state index contributed by atoms with van der Waals surface area (Å²) in [5.74, 6) is 1.86. The molecule has 0 saturated carbocycles. The Bertz CT molecular complexity index is 541. The molecule has 0 aliphatic heterocycles. The van der Waals surface area contributed by atoms with Gasteiger partial charge in [0.25, 0.3) is 0 Å². The number of nitrogen functional groups attached to an aromatic ring is 1. The number of ether oxygens (including phenoxy) is 2. The molecule has 0 radical (unpaired) electrons. The van der Waals surface area contributed by atoms with Gasteiger partial charge in [-0.1, -0.05) is 12.1 Å². The minimum absolute atomic E-state index is 0.508. The fraction of sp³-hybridized carbons (Fsp3) is 0.214. The van der Waals surface area contributed by atoms with E-state index in [0.717, 1.165) is 5.56 Å². The summed E-state index contributed by atoms with van der Waals surface area (Å²) in [6, 6.07) is 9.31. The minimum atomic E-state index is 0.508. The zero-order valence-electron chi connectivity index (χ0n) is 10.5. The molecule has 0 aliphatic rings. The maximum absolute atomic E-state index is 5.72. The standard InChI is InChI=1S/C14H16N2O2/c1-3-17-12-6-4-5-7-13(12)18-14-8-10(2)11(15)9-16-14/h4-9H,3,15H2,1-2H3. The molecule has 4 nitrogen and oxygen atoms in total. The Hall–Kier alpha value is -2.23. The molecule has 0 spiro atoms. The van der Waals surface area contributed by atoms with Gasteiger partial charge in [0.2, 0.25) is 5.88 Å². The first kappa shape index (κ1) is 12.2. The number of benzene rings is 1. The van der Waals surface area contributed by atoms with Crippen LogP contribution in [0, 0.1) is 6.92 Å². The number of rotatable bonds is 4. The summed E-state index contributed by atoms with van der Waals surface area (Å²) in [5.41, 5.74) is 7.31. The zero-order valence-corrected chi connectivity index (χ0v) is 10.5. The van der Waals surface area contributed by atoms with E-state index >= 15 is 0 Å². The Labute approximate surface area is 106 Å². The number of hydrogen-bond donors (Lipinski definition) is 1. The van der Waals surface area contributed by atoms with Crippen LogP contribution in [0.4, 0.5) is 5.69 Å². The number of pyridine rings is 1. The van der Waals surface area contributed by atoms with Gasteiger partial charge in [-0.2, -0.15) is 0 Å². The third-order valence-electron chi connectivity index (χ3n) is 2.49. The van der Waals surface area contributed by atoms with Crippen LogP contribution in [0.2, 0.25) is 0 Å². The maximum atomic E-state index is 5.72. The third-order valence-corrected chi connectivity index (χ3v) is 2.49. The van der Waals surface area contributed by atoms with Gasteiger partial charge in [0.05, 0.1) is 18.5 Å². The van der Waals surface area contributed by atoms with Crippen LogP contribution in [0.25, 0.3) is 0 Å². The normalized spacial score (nSPS) is 10.1. The Morgan fingerprint density at radius 3 is 2.61 bits per heavy atom. The van der Waals surface area contributed by atoms with E-state index in [1.54, 1.807) is 12.3 Å². The first-order chi connectivity index (χ1) is 8.70. The fourth-order valence-electron chi connectivity index (χ4n) is 1.52. The molecule has 2 N–H and O–H groups in total. The largest absolute Gasteiger partial charge is 0.490 e. The highest BCUT2D eigenvalue weighted by Crippen LogP contribution is 2.31. The van der Waals surface area contributed by atoms with Crippen LogP contribution in [-0.2, 0) is 0 Å². The molecule has 2 aromatic rings. The second-order valence-electron chi connectivity index (χ2n) is 3.86. The van der Waals surface area contributed by atoms with E-state index in [-0.39, 0.29) is 0 Å². The molecule has 0 atom stereocenters. The number of nitrogens with zero attached hydrogens (tertiary/aromatic N) is 1. The lowest BCUT2D eigenvalue weighted by Crippen LogP contribution is -1.97. The summed E-state index contributed by atoms with van der Waals surface area (Å²) < 4.78 is 11.2. The fourth-order valence-corrected chi connectivity index (χ4v) is 1.52. The van der Waals surface area contributed by atoms with Crippen molar-refractivity contribution in [3.8, 4) is 17.4 Å². The van der Waals surface area contributed by atoms with Crippen molar-refractivity contribution < 1.29 is 9.47 Å². The summed E-state index contributed by atoms with van der Waals surface area (Å²) in [6.07, 6.45) is 1.59. The molecular formula is C14H16N2O2. The van der Waals surface area contributed by atoms with Gasteiger partial charge in [-0.05, 0) is 31.5 Å². The van der Waals surface area contributed by atoms with E-state index < -0.39 is 0 Å². The lowest BCUT2D eigenvalue weighted by atomic mass is 10.2. The monoisotopic (exact) mass is 244 g/mol. The van der Waals surface area contributed by atoms with Crippen LogP contribution >= 0.6 is 0 Å². The van der Waals surface area contributed by atoms with E-state index in [0.29, 0.717) is 29.7 Å². The van der Waals surface area contributed by atoms with E-state index in [4.69, 9.17) is 15.2 Å². The van der Waals surface area contributed by atoms with Crippen LogP contribution in [0.3, 0.4) is 0 Å². The van der Waals surface area contributed by atoms with E-state index in [1.165, 1.54) is 0 Å². The summed E-state index contributed by atoms with van der Waals surface area (Å²) in [6.45, 7) is 4.44. The van der Waals surface area contributed by atoms with E-state index in [1.807, 2.05) is 38.1 Å². The SMILES string of the molecule is CCOc1ccccc1Oc1cc(C)c(N)cn1. The van der Waals surface area contributed by atoms with Crippen molar-refractivity contribution in [2.75, 3.05) is 12.3 Å². The van der Waals surface area contributed by atoms with E-state index in [2.05, 4.69) is 4.98 Å². The highest BCUT2D eigenvalue weighted by atomic mass is 16.5. The summed E-state index contributed by atoms with van der Waals surface area (Å²) in [5, 5.41) is 0. The van der Waals surface area contributed by atoms with Crippen molar-refractivity contribution in [3.63, 3.8) is 0 Å². The maximum Gasteiger partial charge on any atom is 0.219 e. The molecule has 0 bridgehead atoms. The smallest absolute Gasteiger partial charge is 0.219 e. The minimum Gasteiger partial charge on any atom is -0.490 e. The average molecular weight is 244 g/mol. The Morgan fingerprint density at radius 1 is 1.22 bits per heavy atom. The number of aromatic nitrogens is 1. The summed E-state index contributed by atoms with van der Waals surface area (Å²) in [4.78, 5) is 4.13.